The zero-order valence-corrected chi connectivity index (χ0v) is 16.2. The molecule has 0 unspecified atom stereocenters. The number of carbonyl (C=O) groups is 2. The second-order valence-electron chi connectivity index (χ2n) is 5.82. The molecule has 1 heterocycles. The highest BCUT2D eigenvalue weighted by molar-refractivity contribution is 6.35. The number of rotatable bonds is 8. The van der Waals surface area contributed by atoms with Gasteiger partial charge in [-0.15, -0.1) is 0 Å². The van der Waals surface area contributed by atoms with Crippen LogP contribution in [0.15, 0.2) is 18.2 Å². The summed E-state index contributed by atoms with van der Waals surface area (Å²) in [5, 5.41) is 1.29. The van der Waals surface area contributed by atoms with Crippen LogP contribution in [0.1, 0.15) is 55.2 Å². The molecule has 2 aromatic rings. The number of fused-ring (bicyclic) bond motifs is 1. The molecule has 26 heavy (non-hydrogen) atoms. The molecule has 0 aliphatic rings. The summed E-state index contributed by atoms with van der Waals surface area (Å²) < 4.78 is 10.3. The third-order valence-corrected chi connectivity index (χ3v) is 4.30. The largest absolute Gasteiger partial charge is 0.466 e. The highest BCUT2D eigenvalue weighted by Crippen LogP contribution is 2.30. The Labute approximate surface area is 158 Å². The maximum Gasteiger partial charge on any atom is 0.340 e. The number of nitrogens with zero attached hydrogens (tertiary/aromatic N) is 1. The highest BCUT2D eigenvalue weighted by Gasteiger charge is 2.23. The van der Waals surface area contributed by atoms with Gasteiger partial charge in [0.05, 0.1) is 35.0 Å². The van der Waals surface area contributed by atoms with Gasteiger partial charge in [-0.3, -0.25) is 9.78 Å². The molecule has 1 aromatic carbocycles. The summed E-state index contributed by atoms with van der Waals surface area (Å²) in [6.07, 6.45) is 1.99. The van der Waals surface area contributed by atoms with Gasteiger partial charge in [0.2, 0.25) is 0 Å². The van der Waals surface area contributed by atoms with Crippen LogP contribution in [0.5, 0.6) is 0 Å². The molecular weight excluding hydrogens is 354 g/mol. The van der Waals surface area contributed by atoms with Gasteiger partial charge in [-0.25, -0.2) is 4.79 Å². The first-order valence-electron chi connectivity index (χ1n) is 8.96. The first-order valence-corrected chi connectivity index (χ1v) is 9.33. The van der Waals surface area contributed by atoms with Crippen LogP contribution in [0.3, 0.4) is 0 Å². The van der Waals surface area contributed by atoms with Crippen LogP contribution in [-0.2, 0) is 27.1 Å². The molecule has 0 N–H and O–H groups in total. The average molecular weight is 378 g/mol. The molecule has 6 heteroatoms. The lowest BCUT2D eigenvalue weighted by Crippen LogP contribution is -2.15. The quantitative estimate of drug-likeness (QED) is 0.633. The van der Waals surface area contributed by atoms with Crippen molar-refractivity contribution in [1.29, 1.82) is 0 Å². The first-order chi connectivity index (χ1) is 12.5. The molecule has 0 aliphatic heterocycles. The second kappa shape index (κ2) is 9.53. The fourth-order valence-corrected chi connectivity index (χ4v) is 3.17. The molecule has 0 fully saturated rings. The summed E-state index contributed by atoms with van der Waals surface area (Å²) in [5.41, 5.74) is 2.50. The third-order valence-electron chi connectivity index (χ3n) is 4.00. The van der Waals surface area contributed by atoms with Crippen molar-refractivity contribution in [3.8, 4) is 0 Å². The molecule has 2 rings (SSSR count). The number of halogens is 1. The molecule has 0 spiro atoms. The van der Waals surface area contributed by atoms with Gasteiger partial charge < -0.3 is 9.47 Å². The number of esters is 2. The van der Waals surface area contributed by atoms with E-state index in [9.17, 15) is 9.59 Å². The van der Waals surface area contributed by atoms with Crippen molar-refractivity contribution in [2.75, 3.05) is 13.2 Å². The molecule has 0 amide bonds. The SMILES string of the molecule is CCCc1nc2c(Cl)cccc2c(CCC(=O)OCC)c1C(=O)OCC. The number of hydrogen-bond donors (Lipinski definition) is 0. The van der Waals surface area contributed by atoms with Crippen LogP contribution in [0, 0.1) is 0 Å². The molecule has 0 saturated heterocycles. The van der Waals surface area contributed by atoms with Gasteiger partial charge >= 0.3 is 11.9 Å². The highest BCUT2D eigenvalue weighted by atomic mass is 35.5. The van der Waals surface area contributed by atoms with Crippen LogP contribution in [0.25, 0.3) is 10.9 Å². The van der Waals surface area contributed by atoms with Gasteiger partial charge in [0.25, 0.3) is 0 Å². The van der Waals surface area contributed by atoms with Crippen LogP contribution in [0.4, 0.5) is 0 Å². The van der Waals surface area contributed by atoms with Crippen LogP contribution in [0.2, 0.25) is 5.02 Å². The van der Waals surface area contributed by atoms with E-state index in [0.717, 1.165) is 17.4 Å². The Morgan fingerprint density at radius 3 is 2.46 bits per heavy atom. The van der Waals surface area contributed by atoms with Gasteiger partial charge in [-0.1, -0.05) is 37.1 Å². The Balaban J connectivity index is 2.64. The lowest BCUT2D eigenvalue weighted by Gasteiger charge is -2.16. The smallest absolute Gasteiger partial charge is 0.340 e. The Morgan fingerprint density at radius 2 is 1.81 bits per heavy atom. The Kier molecular flexibility index (Phi) is 7.39. The molecule has 140 valence electrons. The Morgan fingerprint density at radius 1 is 1.08 bits per heavy atom. The van der Waals surface area contributed by atoms with Crippen LogP contribution >= 0.6 is 11.6 Å². The predicted molar refractivity (Wildman–Crippen MR) is 102 cm³/mol. The molecule has 0 aliphatic carbocycles. The summed E-state index contributed by atoms with van der Waals surface area (Å²) in [7, 11) is 0. The number of aromatic nitrogens is 1. The normalized spacial score (nSPS) is 10.8. The molecule has 5 nitrogen and oxygen atoms in total. The molecule has 0 bridgehead atoms. The Bertz CT molecular complexity index is 804. The molecule has 0 radical (unpaired) electrons. The maximum absolute atomic E-state index is 12.6. The first kappa shape index (κ1) is 20.2. The van der Waals surface area contributed by atoms with Crippen LogP contribution in [-0.4, -0.2) is 30.1 Å². The van der Waals surface area contributed by atoms with Crippen molar-refractivity contribution >= 4 is 34.4 Å². The van der Waals surface area contributed by atoms with E-state index in [4.69, 9.17) is 21.1 Å². The van der Waals surface area contributed by atoms with Crippen molar-refractivity contribution in [2.45, 2.75) is 46.5 Å². The minimum Gasteiger partial charge on any atom is -0.466 e. The van der Waals surface area contributed by atoms with E-state index >= 15 is 0 Å². The van der Waals surface area contributed by atoms with E-state index in [1.165, 1.54) is 0 Å². The molecular formula is C20H24ClNO4. The molecule has 0 atom stereocenters. The van der Waals surface area contributed by atoms with E-state index in [2.05, 4.69) is 4.98 Å². The topological polar surface area (TPSA) is 65.5 Å². The van der Waals surface area contributed by atoms with E-state index in [0.29, 0.717) is 41.2 Å². The van der Waals surface area contributed by atoms with E-state index in [1.807, 2.05) is 19.1 Å². The number of para-hydroxylation sites is 1. The van der Waals surface area contributed by atoms with Gasteiger partial charge in [-0.2, -0.15) is 0 Å². The third kappa shape index (κ3) is 4.52. The van der Waals surface area contributed by atoms with Crippen LogP contribution < -0.4 is 0 Å². The van der Waals surface area contributed by atoms with E-state index in [1.54, 1.807) is 19.9 Å². The van der Waals surface area contributed by atoms with Crippen molar-refractivity contribution in [3.63, 3.8) is 0 Å². The number of hydrogen-bond acceptors (Lipinski definition) is 5. The van der Waals surface area contributed by atoms with E-state index in [-0.39, 0.29) is 19.0 Å². The van der Waals surface area contributed by atoms with Crippen molar-refractivity contribution in [2.24, 2.45) is 0 Å². The predicted octanol–water partition coefficient (Wildman–Crippen LogP) is 4.51. The zero-order valence-electron chi connectivity index (χ0n) is 15.4. The van der Waals surface area contributed by atoms with E-state index < -0.39 is 5.97 Å². The maximum atomic E-state index is 12.6. The minimum absolute atomic E-state index is 0.178. The summed E-state index contributed by atoms with van der Waals surface area (Å²) in [6, 6.07) is 5.45. The molecule has 1 aromatic heterocycles. The zero-order chi connectivity index (χ0) is 19.1. The number of aryl methyl sites for hydroxylation is 2. The van der Waals surface area contributed by atoms with Gasteiger partial charge in [0.15, 0.2) is 0 Å². The summed E-state index contributed by atoms with van der Waals surface area (Å²) in [5.74, 6) is -0.712. The fraction of sp³-hybridized carbons (Fsp3) is 0.450. The average Bonchev–Trinajstić information content (AvgIpc) is 2.61. The van der Waals surface area contributed by atoms with Crippen molar-refractivity contribution in [1.82, 2.24) is 4.98 Å². The lowest BCUT2D eigenvalue weighted by atomic mass is 9.95. The number of carbonyl (C=O) groups excluding carboxylic acids is 2. The second-order valence-corrected chi connectivity index (χ2v) is 6.23. The lowest BCUT2D eigenvalue weighted by molar-refractivity contribution is -0.143. The monoisotopic (exact) mass is 377 g/mol. The summed E-state index contributed by atoms with van der Waals surface area (Å²) in [6.45, 7) is 6.15. The number of ether oxygens (including phenoxy) is 2. The van der Waals surface area contributed by atoms with Gasteiger partial charge in [-0.05, 0) is 38.3 Å². The number of benzene rings is 1. The standard InChI is InChI=1S/C20H24ClNO4/c1-4-8-16-18(20(24)26-6-3)13(11-12-17(23)25-5-2)14-9-7-10-15(21)19(14)22-16/h7,9-10H,4-6,8,11-12H2,1-3H3. The fourth-order valence-electron chi connectivity index (χ4n) is 2.95. The number of pyridine rings is 1. The van der Waals surface area contributed by atoms with Crippen molar-refractivity contribution < 1.29 is 19.1 Å². The molecule has 0 saturated carbocycles. The Hall–Kier alpha value is -2.14. The van der Waals surface area contributed by atoms with Crippen molar-refractivity contribution in [3.05, 3.63) is 40.0 Å². The minimum atomic E-state index is -0.413. The summed E-state index contributed by atoms with van der Waals surface area (Å²) in [4.78, 5) is 29.1. The van der Waals surface area contributed by atoms with Gasteiger partial charge in [0, 0.05) is 11.8 Å². The van der Waals surface area contributed by atoms with Gasteiger partial charge in [0.1, 0.15) is 0 Å². The summed E-state index contributed by atoms with van der Waals surface area (Å²) >= 11 is 6.34.